The maximum Gasteiger partial charge on any atom is 0.0528 e. The number of aliphatic hydroxyl groups is 1. The van der Waals surface area contributed by atoms with Gasteiger partial charge in [-0.3, -0.25) is 0 Å². The third-order valence-corrected chi connectivity index (χ3v) is 2.72. The number of hydrogen-bond donors (Lipinski definition) is 1. The average molecular weight is 221 g/mol. The van der Waals surface area contributed by atoms with E-state index in [-0.39, 0.29) is 6.10 Å². The Morgan fingerprint density at radius 2 is 1.88 bits per heavy atom. The first kappa shape index (κ1) is 13.0. The highest BCUT2D eigenvalue weighted by atomic mass is 16.3. The molecule has 0 fully saturated rings. The lowest BCUT2D eigenvalue weighted by Gasteiger charge is -2.25. The number of para-hydroxylation sites is 1. The number of unbranched alkanes of at least 4 members (excludes halogenated alkanes) is 1. The normalized spacial score (nSPS) is 12.4. The molecule has 1 aromatic carbocycles. The van der Waals surface area contributed by atoms with Gasteiger partial charge in [-0.25, -0.2) is 0 Å². The Balaban J connectivity index is 2.56. The fourth-order valence-corrected chi connectivity index (χ4v) is 1.70. The van der Waals surface area contributed by atoms with Crippen molar-refractivity contribution in [2.45, 2.75) is 39.2 Å². The number of hydrogen-bond acceptors (Lipinski definition) is 2. The predicted molar refractivity (Wildman–Crippen MR) is 69.9 cm³/mol. The molecule has 1 atom stereocenters. The summed E-state index contributed by atoms with van der Waals surface area (Å²) >= 11 is 0. The van der Waals surface area contributed by atoms with Crippen molar-refractivity contribution in [2.24, 2.45) is 0 Å². The third-order valence-electron chi connectivity index (χ3n) is 2.72. The van der Waals surface area contributed by atoms with Crippen molar-refractivity contribution in [3.63, 3.8) is 0 Å². The molecule has 0 radical (unpaired) electrons. The molecule has 16 heavy (non-hydrogen) atoms. The predicted octanol–water partition coefficient (Wildman–Crippen LogP) is 3.06. The number of benzene rings is 1. The van der Waals surface area contributed by atoms with Crippen molar-refractivity contribution < 1.29 is 5.11 Å². The van der Waals surface area contributed by atoms with Gasteiger partial charge in [0, 0.05) is 18.8 Å². The minimum absolute atomic E-state index is 0.215. The topological polar surface area (TPSA) is 23.5 Å². The van der Waals surface area contributed by atoms with Crippen LogP contribution in [0.25, 0.3) is 0 Å². The summed E-state index contributed by atoms with van der Waals surface area (Å²) in [6, 6.07) is 10.4. The molecule has 0 bridgehead atoms. The summed E-state index contributed by atoms with van der Waals surface area (Å²) in [6.45, 7) is 6.07. The van der Waals surface area contributed by atoms with E-state index >= 15 is 0 Å². The Morgan fingerprint density at radius 3 is 2.44 bits per heavy atom. The van der Waals surface area contributed by atoms with E-state index in [9.17, 15) is 5.11 Å². The van der Waals surface area contributed by atoms with E-state index in [4.69, 9.17) is 0 Å². The second-order valence-corrected chi connectivity index (χ2v) is 4.31. The van der Waals surface area contributed by atoms with E-state index in [1.54, 1.807) is 0 Å². The van der Waals surface area contributed by atoms with Crippen LogP contribution in [0.2, 0.25) is 0 Å². The van der Waals surface area contributed by atoms with Gasteiger partial charge in [0.1, 0.15) is 0 Å². The maximum atomic E-state index is 9.35. The van der Waals surface area contributed by atoms with Gasteiger partial charge in [0.05, 0.1) is 6.10 Å². The van der Waals surface area contributed by atoms with E-state index < -0.39 is 0 Å². The molecule has 0 saturated heterocycles. The smallest absolute Gasteiger partial charge is 0.0528 e. The molecule has 0 heterocycles. The van der Waals surface area contributed by atoms with Crippen LogP contribution in [-0.2, 0) is 0 Å². The molecular weight excluding hydrogens is 198 g/mol. The van der Waals surface area contributed by atoms with Crippen LogP contribution in [0.5, 0.6) is 0 Å². The SMILES string of the molecule is CCCCN(CCC(C)O)c1ccccc1. The van der Waals surface area contributed by atoms with Crippen LogP contribution in [0, 0.1) is 0 Å². The summed E-state index contributed by atoms with van der Waals surface area (Å²) in [5.74, 6) is 0. The Morgan fingerprint density at radius 1 is 1.19 bits per heavy atom. The minimum atomic E-state index is -0.215. The zero-order valence-corrected chi connectivity index (χ0v) is 10.4. The molecule has 1 aromatic rings. The van der Waals surface area contributed by atoms with E-state index in [1.165, 1.54) is 18.5 Å². The van der Waals surface area contributed by atoms with Crippen LogP contribution in [-0.4, -0.2) is 24.3 Å². The quantitative estimate of drug-likeness (QED) is 0.765. The van der Waals surface area contributed by atoms with Gasteiger partial charge in [0.15, 0.2) is 0 Å². The van der Waals surface area contributed by atoms with Crippen LogP contribution in [0.4, 0.5) is 5.69 Å². The van der Waals surface area contributed by atoms with Crippen LogP contribution in [0.15, 0.2) is 30.3 Å². The molecule has 1 unspecified atom stereocenters. The molecule has 0 aromatic heterocycles. The number of anilines is 1. The Kier molecular flexibility index (Phi) is 5.94. The summed E-state index contributed by atoms with van der Waals surface area (Å²) in [5, 5.41) is 9.35. The molecule has 0 spiro atoms. The second kappa shape index (κ2) is 7.29. The molecule has 90 valence electrons. The van der Waals surface area contributed by atoms with Gasteiger partial charge in [-0.05, 0) is 31.9 Å². The van der Waals surface area contributed by atoms with Crippen LogP contribution >= 0.6 is 0 Å². The Hall–Kier alpha value is -1.02. The monoisotopic (exact) mass is 221 g/mol. The summed E-state index contributed by atoms with van der Waals surface area (Å²) in [4.78, 5) is 2.36. The van der Waals surface area contributed by atoms with E-state index in [2.05, 4.69) is 36.1 Å². The van der Waals surface area contributed by atoms with Gasteiger partial charge in [0.2, 0.25) is 0 Å². The van der Waals surface area contributed by atoms with E-state index in [1.807, 2.05) is 13.0 Å². The maximum absolute atomic E-state index is 9.35. The van der Waals surface area contributed by atoms with Gasteiger partial charge in [0.25, 0.3) is 0 Å². The first-order valence-electron chi connectivity index (χ1n) is 6.22. The fraction of sp³-hybridized carbons (Fsp3) is 0.571. The number of rotatable bonds is 7. The summed E-state index contributed by atoms with van der Waals surface area (Å²) < 4.78 is 0. The number of nitrogens with zero attached hydrogens (tertiary/aromatic N) is 1. The van der Waals surface area contributed by atoms with E-state index in [0.29, 0.717) is 0 Å². The van der Waals surface area contributed by atoms with Crippen LogP contribution < -0.4 is 4.90 Å². The van der Waals surface area contributed by atoms with Crippen molar-refractivity contribution >= 4 is 5.69 Å². The summed E-state index contributed by atoms with van der Waals surface area (Å²) in [5.41, 5.74) is 1.26. The van der Waals surface area contributed by atoms with Gasteiger partial charge in [-0.15, -0.1) is 0 Å². The Labute approximate surface area is 98.9 Å². The molecule has 0 aliphatic heterocycles. The molecular formula is C14H23NO. The first-order chi connectivity index (χ1) is 7.74. The standard InChI is InChI=1S/C14H23NO/c1-3-4-11-15(12-10-13(2)16)14-8-6-5-7-9-14/h5-9,13,16H,3-4,10-12H2,1-2H3. The molecule has 1 N–H and O–H groups in total. The van der Waals surface area contributed by atoms with Crippen LogP contribution in [0.1, 0.15) is 33.1 Å². The van der Waals surface area contributed by atoms with E-state index in [0.717, 1.165) is 19.5 Å². The van der Waals surface area contributed by atoms with Crippen molar-refractivity contribution in [1.82, 2.24) is 0 Å². The Bertz CT molecular complexity index is 271. The lowest BCUT2D eigenvalue weighted by atomic mass is 10.2. The minimum Gasteiger partial charge on any atom is -0.393 e. The average Bonchev–Trinajstić information content (AvgIpc) is 2.30. The molecule has 2 heteroatoms. The van der Waals surface area contributed by atoms with Crippen LogP contribution in [0.3, 0.4) is 0 Å². The highest BCUT2D eigenvalue weighted by molar-refractivity contribution is 5.45. The van der Waals surface area contributed by atoms with Gasteiger partial charge < -0.3 is 10.0 Å². The zero-order valence-electron chi connectivity index (χ0n) is 10.4. The van der Waals surface area contributed by atoms with Gasteiger partial charge in [-0.2, -0.15) is 0 Å². The summed E-state index contributed by atoms with van der Waals surface area (Å²) in [6.07, 6.45) is 3.03. The van der Waals surface area contributed by atoms with Crippen molar-refractivity contribution in [1.29, 1.82) is 0 Å². The lowest BCUT2D eigenvalue weighted by Crippen LogP contribution is -2.27. The molecule has 0 aliphatic rings. The largest absolute Gasteiger partial charge is 0.393 e. The molecule has 0 aliphatic carbocycles. The highest BCUT2D eigenvalue weighted by Crippen LogP contribution is 2.14. The summed E-state index contributed by atoms with van der Waals surface area (Å²) in [7, 11) is 0. The first-order valence-corrected chi connectivity index (χ1v) is 6.22. The van der Waals surface area contributed by atoms with Gasteiger partial charge in [-0.1, -0.05) is 31.5 Å². The fourth-order valence-electron chi connectivity index (χ4n) is 1.70. The molecule has 1 rings (SSSR count). The van der Waals surface area contributed by atoms with Gasteiger partial charge >= 0.3 is 0 Å². The molecule has 2 nitrogen and oxygen atoms in total. The second-order valence-electron chi connectivity index (χ2n) is 4.31. The van der Waals surface area contributed by atoms with Crippen molar-refractivity contribution in [3.05, 3.63) is 30.3 Å². The third kappa shape index (κ3) is 4.67. The van der Waals surface area contributed by atoms with Crippen molar-refractivity contribution in [2.75, 3.05) is 18.0 Å². The highest BCUT2D eigenvalue weighted by Gasteiger charge is 2.06. The molecule has 0 saturated carbocycles. The van der Waals surface area contributed by atoms with Crippen molar-refractivity contribution in [3.8, 4) is 0 Å². The molecule has 0 amide bonds. The number of aliphatic hydroxyl groups excluding tert-OH is 1. The zero-order chi connectivity index (χ0) is 11.8. The lowest BCUT2D eigenvalue weighted by molar-refractivity contribution is 0.186.